The average molecular weight is 498 g/mol. The van der Waals surface area contributed by atoms with Crippen LogP contribution in [-0.2, 0) is 6.42 Å². The van der Waals surface area contributed by atoms with E-state index in [9.17, 15) is 19.1 Å². The lowest BCUT2D eigenvalue weighted by Gasteiger charge is -2.42. The molecule has 2 aromatic carbocycles. The molecule has 1 unspecified atom stereocenters. The van der Waals surface area contributed by atoms with Crippen molar-refractivity contribution in [2.24, 2.45) is 4.99 Å². The van der Waals surface area contributed by atoms with Crippen LogP contribution in [0.3, 0.4) is 0 Å². The number of quaternary nitrogens is 1. The molecule has 2 aliphatic rings. The van der Waals surface area contributed by atoms with Crippen molar-refractivity contribution in [3.05, 3.63) is 73.7 Å². The van der Waals surface area contributed by atoms with Crippen LogP contribution >= 0.6 is 0 Å². The lowest BCUT2D eigenvalue weighted by molar-refractivity contribution is -0.921. The summed E-state index contributed by atoms with van der Waals surface area (Å²) in [6.07, 6.45) is 2.07. The molecule has 0 saturated carbocycles. The number of aromatic hydroxyl groups is 1. The van der Waals surface area contributed by atoms with Crippen molar-refractivity contribution in [3.8, 4) is 28.8 Å². The molecule has 2 aliphatic heterocycles. The molecular formula is C25H26FN4O6+. The Hall–Kier alpha value is -4.12. The first-order valence-corrected chi connectivity index (χ1v) is 11.4. The summed E-state index contributed by atoms with van der Waals surface area (Å²) in [6, 6.07) is 6.79. The number of hydrogen-bond donors (Lipinski definition) is 2. The predicted molar refractivity (Wildman–Crippen MR) is 129 cm³/mol. The molecular weight excluding hydrogens is 471 g/mol. The number of hydrogen-bond acceptors (Lipinski definition) is 7. The van der Waals surface area contributed by atoms with Gasteiger partial charge >= 0.3 is 5.69 Å². The minimum Gasteiger partial charge on any atom is -0.493 e. The molecule has 36 heavy (non-hydrogen) atoms. The Kier molecular flexibility index (Phi) is 5.79. The van der Waals surface area contributed by atoms with Crippen molar-refractivity contribution in [2.75, 3.05) is 41.1 Å². The zero-order chi connectivity index (χ0) is 25.6. The molecule has 3 heterocycles. The van der Waals surface area contributed by atoms with E-state index in [1.54, 1.807) is 7.11 Å². The van der Waals surface area contributed by atoms with Crippen LogP contribution in [0.25, 0.3) is 5.69 Å². The summed E-state index contributed by atoms with van der Waals surface area (Å²) in [5.74, 6) is 0.741. The maximum atomic E-state index is 13.3. The van der Waals surface area contributed by atoms with Gasteiger partial charge in [-0.3, -0.25) is 14.8 Å². The summed E-state index contributed by atoms with van der Waals surface area (Å²) in [6.45, 7) is 1.24. The number of nitrogens with one attached hydrogen (secondary N) is 1. The van der Waals surface area contributed by atoms with Crippen molar-refractivity contribution in [1.29, 1.82) is 0 Å². The van der Waals surface area contributed by atoms with E-state index in [1.165, 1.54) is 18.3 Å². The quantitative estimate of drug-likeness (QED) is 0.411. The molecule has 1 atom stereocenters. The maximum Gasteiger partial charge on any atom is 0.335 e. The summed E-state index contributed by atoms with van der Waals surface area (Å²) < 4.78 is 31.8. The summed E-state index contributed by atoms with van der Waals surface area (Å²) in [7, 11) is 5.76. The second-order valence-electron chi connectivity index (χ2n) is 9.29. The number of H-pyrrole nitrogens is 1. The van der Waals surface area contributed by atoms with Gasteiger partial charge in [0.25, 0.3) is 5.56 Å². The predicted octanol–water partition coefficient (Wildman–Crippen LogP) is 1.90. The molecule has 0 spiro atoms. The molecule has 188 valence electrons. The number of ether oxygens (including phenoxy) is 3. The highest BCUT2D eigenvalue weighted by Gasteiger charge is 2.41. The topological polar surface area (TPSA) is 115 Å². The fraction of sp³-hybridized carbons (Fsp3) is 0.320. The molecule has 2 N–H and O–H groups in total. The van der Waals surface area contributed by atoms with Crippen molar-refractivity contribution in [2.45, 2.75) is 12.5 Å². The fourth-order valence-corrected chi connectivity index (χ4v) is 4.81. The maximum absolute atomic E-state index is 13.3. The highest BCUT2D eigenvalue weighted by atomic mass is 19.1. The van der Waals surface area contributed by atoms with E-state index in [1.807, 2.05) is 6.07 Å². The number of benzene rings is 2. The molecule has 0 bridgehead atoms. The second-order valence-corrected chi connectivity index (χ2v) is 9.29. The Balaban J connectivity index is 1.53. The first-order valence-electron chi connectivity index (χ1n) is 11.4. The van der Waals surface area contributed by atoms with Gasteiger partial charge < -0.3 is 23.8 Å². The van der Waals surface area contributed by atoms with Gasteiger partial charge in [-0.2, -0.15) is 0 Å². The number of aliphatic imine (C=N–C) groups is 1. The van der Waals surface area contributed by atoms with E-state index in [4.69, 9.17) is 14.2 Å². The Morgan fingerprint density at radius 1 is 1.28 bits per heavy atom. The third-order valence-electron chi connectivity index (χ3n) is 6.79. The van der Waals surface area contributed by atoms with Crippen LogP contribution in [0.1, 0.15) is 22.7 Å². The molecule has 5 rings (SSSR count). The fourth-order valence-electron chi connectivity index (χ4n) is 4.81. The number of fused-ring (bicyclic) bond motifs is 2. The molecule has 0 radical (unpaired) electrons. The molecule has 11 heteroatoms. The standard InChI is InChI=1S/C25H25FN4O6/c1-30(2)9-8-14-10-19-21(36-13-35-19)22(34-3)20(14)18(30)12-27-11-17-23(31)28-25(33)29(24(17)32)16-6-4-15(26)5-7-16/h4-7,10-11,18H,8-9,12-13H2,1-3H3,(H-,27,28,31,32,33)/p+1. The van der Waals surface area contributed by atoms with Crippen LogP contribution in [0.15, 0.2) is 44.9 Å². The molecule has 0 aliphatic carbocycles. The van der Waals surface area contributed by atoms with Crippen LogP contribution in [0, 0.1) is 5.82 Å². The van der Waals surface area contributed by atoms with Gasteiger partial charge in [-0.25, -0.2) is 13.8 Å². The Bertz CT molecular complexity index is 1480. The SMILES string of the molecule is COc1c2c(cc3c1C(CN=Cc1c(O)n(-c4ccc(F)cc4)c(=O)[nH]c1=O)[N+](C)(C)CC3)OCO2. The van der Waals surface area contributed by atoms with E-state index >= 15 is 0 Å². The van der Waals surface area contributed by atoms with Crippen molar-refractivity contribution in [1.82, 2.24) is 9.55 Å². The van der Waals surface area contributed by atoms with E-state index in [2.05, 4.69) is 24.1 Å². The molecule has 1 aromatic heterocycles. The number of methoxy groups -OCH3 is 1. The number of rotatable bonds is 5. The first kappa shape index (κ1) is 23.6. The van der Waals surface area contributed by atoms with Crippen LogP contribution in [0.5, 0.6) is 23.1 Å². The number of aromatic nitrogens is 2. The lowest BCUT2D eigenvalue weighted by Crippen LogP contribution is -2.49. The molecule has 0 saturated heterocycles. The van der Waals surface area contributed by atoms with Crippen LogP contribution in [0.4, 0.5) is 4.39 Å². The monoisotopic (exact) mass is 497 g/mol. The van der Waals surface area contributed by atoms with Crippen molar-refractivity contribution >= 4 is 6.21 Å². The Labute approximate surface area is 205 Å². The van der Waals surface area contributed by atoms with Gasteiger partial charge in [-0.15, -0.1) is 0 Å². The van der Waals surface area contributed by atoms with Gasteiger partial charge in [-0.05, 0) is 35.9 Å². The van der Waals surface area contributed by atoms with E-state index in [0.717, 1.165) is 40.8 Å². The lowest BCUT2D eigenvalue weighted by atomic mass is 9.89. The highest BCUT2D eigenvalue weighted by Crippen LogP contribution is 2.50. The van der Waals surface area contributed by atoms with Gasteiger partial charge in [0.1, 0.15) is 17.4 Å². The number of halogens is 1. The normalized spacial score (nSPS) is 17.8. The van der Waals surface area contributed by atoms with E-state index in [-0.39, 0.29) is 30.6 Å². The number of aromatic amines is 1. The summed E-state index contributed by atoms with van der Waals surface area (Å²) in [5.41, 5.74) is 0.436. The Morgan fingerprint density at radius 2 is 2.03 bits per heavy atom. The average Bonchev–Trinajstić information content (AvgIpc) is 3.30. The summed E-state index contributed by atoms with van der Waals surface area (Å²) in [5, 5.41) is 10.8. The molecule has 3 aromatic rings. The smallest absolute Gasteiger partial charge is 0.335 e. The number of likely N-dealkylation sites (N-methyl/N-ethyl adjacent to an activating group) is 1. The molecule has 10 nitrogen and oxygen atoms in total. The molecule has 0 fully saturated rings. The van der Waals surface area contributed by atoms with Gasteiger partial charge in [0.2, 0.25) is 18.4 Å². The van der Waals surface area contributed by atoms with Gasteiger partial charge in [0.05, 0.1) is 45.5 Å². The van der Waals surface area contributed by atoms with Crippen molar-refractivity contribution < 1.29 is 28.2 Å². The second kappa shape index (κ2) is 8.83. The summed E-state index contributed by atoms with van der Waals surface area (Å²) in [4.78, 5) is 31.6. The third-order valence-corrected chi connectivity index (χ3v) is 6.79. The minimum atomic E-state index is -0.846. The first-order chi connectivity index (χ1) is 17.2. The third kappa shape index (κ3) is 3.91. The van der Waals surface area contributed by atoms with Crippen molar-refractivity contribution in [3.63, 3.8) is 0 Å². The van der Waals surface area contributed by atoms with Gasteiger partial charge in [-0.1, -0.05) is 0 Å². The van der Waals surface area contributed by atoms with E-state index < -0.39 is 22.9 Å². The van der Waals surface area contributed by atoms with Crippen LogP contribution < -0.4 is 25.5 Å². The Morgan fingerprint density at radius 3 is 2.75 bits per heavy atom. The zero-order valence-electron chi connectivity index (χ0n) is 20.1. The largest absolute Gasteiger partial charge is 0.493 e. The van der Waals surface area contributed by atoms with Gasteiger partial charge in [0, 0.05) is 12.6 Å². The highest BCUT2D eigenvalue weighted by molar-refractivity contribution is 5.82. The minimum absolute atomic E-state index is 0.126. The van der Waals surface area contributed by atoms with Gasteiger partial charge in [0.15, 0.2) is 11.5 Å². The summed E-state index contributed by atoms with van der Waals surface area (Å²) >= 11 is 0. The molecule has 0 amide bonds. The number of nitrogens with zero attached hydrogens (tertiary/aromatic N) is 3. The van der Waals surface area contributed by atoms with Crippen LogP contribution in [0.2, 0.25) is 0 Å². The zero-order valence-corrected chi connectivity index (χ0v) is 20.1. The van der Waals surface area contributed by atoms with E-state index in [0.29, 0.717) is 21.7 Å². The van der Waals surface area contributed by atoms with Crippen LogP contribution in [-0.4, -0.2) is 66.4 Å².